The number of thiazole rings is 1. The van der Waals surface area contributed by atoms with Crippen LogP contribution in [-0.2, 0) is 6.42 Å². The van der Waals surface area contributed by atoms with Gasteiger partial charge in [-0.05, 0) is 57.0 Å². The first-order valence-corrected chi connectivity index (χ1v) is 8.43. The largest absolute Gasteiger partial charge is 0.490 e. The normalized spacial score (nSPS) is 16.6. The number of nitrogens with zero attached hydrogens (tertiary/aromatic N) is 1. The Balaban J connectivity index is 1.72. The summed E-state index contributed by atoms with van der Waals surface area (Å²) in [5.41, 5.74) is 1.11. The summed E-state index contributed by atoms with van der Waals surface area (Å²) >= 11 is 1.81. The maximum Gasteiger partial charge on any atom is 0.121 e. The third-order valence-electron chi connectivity index (χ3n) is 3.74. The number of hydrogen-bond acceptors (Lipinski definition) is 4. The van der Waals surface area contributed by atoms with Crippen LogP contribution in [0.4, 0.5) is 0 Å². The molecule has 108 valence electrons. The Morgan fingerprint density at radius 1 is 1.35 bits per heavy atom. The van der Waals surface area contributed by atoms with E-state index in [0.29, 0.717) is 6.10 Å². The van der Waals surface area contributed by atoms with Crippen LogP contribution in [0.2, 0.25) is 0 Å². The first-order valence-electron chi connectivity index (χ1n) is 7.62. The zero-order valence-electron chi connectivity index (χ0n) is 12.0. The second-order valence-corrected chi connectivity index (χ2v) is 6.52. The Labute approximate surface area is 124 Å². The van der Waals surface area contributed by atoms with Crippen molar-refractivity contribution in [3.05, 3.63) is 23.2 Å². The Morgan fingerprint density at radius 3 is 3.00 bits per heavy atom. The molecule has 0 bridgehead atoms. The van der Waals surface area contributed by atoms with E-state index < -0.39 is 0 Å². The second kappa shape index (κ2) is 6.55. The van der Waals surface area contributed by atoms with Gasteiger partial charge in [0, 0.05) is 0 Å². The zero-order chi connectivity index (χ0) is 13.8. The fourth-order valence-electron chi connectivity index (χ4n) is 2.57. The van der Waals surface area contributed by atoms with Gasteiger partial charge in [0.15, 0.2) is 0 Å². The quantitative estimate of drug-likeness (QED) is 0.910. The van der Waals surface area contributed by atoms with E-state index in [1.165, 1.54) is 22.5 Å². The number of aromatic nitrogens is 1. The van der Waals surface area contributed by atoms with Crippen LogP contribution in [0.1, 0.15) is 37.6 Å². The predicted molar refractivity (Wildman–Crippen MR) is 84.8 cm³/mol. The fourth-order valence-corrected chi connectivity index (χ4v) is 3.60. The minimum absolute atomic E-state index is 0.362. The van der Waals surface area contributed by atoms with Crippen LogP contribution in [0.15, 0.2) is 18.2 Å². The molecule has 20 heavy (non-hydrogen) atoms. The summed E-state index contributed by atoms with van der Waals surface area (Å²) in [6.45, 7) is 4.35. The van der Waals surface area contributed by atoms with Crippen LogP contribution in [0.3, 0.4) is 0 Å². The van der Waals surface area contributed by atoms with Crippen LogP contribution in [-0.4, -0.2) is 24.2 Å². The molecule has 1 fully saturated rings. The molecule has 0 spiro atoms. The van der Waals surface area contributed by atoms with E-state index in [4.69, 9.17) is 9.72 Å². The number of fused-ring (bicyclic) bond motifs is 1. The van der Waals surface area contributed by atoms with E-state index >= 15 is 0 Å². The molecule has 0 atom stereocenters. The fraction of sp³-hybridized carbons (Fsp3) is 0.562. The summed E-state index contributed by atoms with van der Waals surface area (Å²) in [4.78, 5) is 4.69. The lowest BCUT2D eigenvalue weighted by molar-refractivity contribution is 0.162. The van der Waals surface area contributed by atoms with Gasteiger partial charge >= 0.3 is 0 Å². The lowest BCUT2D eigenvalue weighted by atomic mass is 10.1. The van der Waals surface area contributed by atoms with Gasteiger partial charge in [-0.3, -0.25) is 0 Å². The van der Waals surface area contributed by atoms with Gasteiger partial charge in [0.25, 0.3) is 0 Å². The number of ether oxygens (including phenoxy) is 1. The highest BCUT2D eigenvalue weighted by molar-refractivity contribution is 7.18. The first kappa shape index (κ1) is 13.8. The Kier molecular flexibility index (Phi) is 4.53. The molecule has 1 aliphatic heterocycles. The molecule has 0 aliphatic carbocycles. The third-order valence-corrected chi connectivity index (χ3v) is 4.82. The lowest BCUT2D eigenvalue weighted by Crippen LogP contribution is -2.34. The molecular formula is C16H22N2OS. The summed E-state index contributed by atoms with van der Waals surface area (Å²) in [6.07, 6.45) is 6.10. The number of aryl methyl sites for hydroxylation is 1. The molecule has 0 saturated carbocycles. The van der Waals surface area contributed by atoms with E-state index in [1.807, 2.05) is 11.3 Å². The van der Waals surface area contributed by atoms with Crippen molar-refractivity contribution in [3.63, 3.8) is 0 Å². The Morgan fingerprint density at radius 2 is 2.20 bits per heavy atom. The number of rotatable bonds is 5. The smallest absolute Gasteiger partial charge is 0.121 e. The van der Waals surface area contributed by atoms with Gasteiger partial charge in [0.2, 0.25) is 0 Å². The van der Waals surface area contributed by atoms with Crippen LogP contribution in [0, 0.1) is 0 Å². The van der Waals surface area contributed by atoms with Crippen molar-refractivity contribution >= 4 is 21.6 Å². The summed E-state index contributed by atoms with van der Waals surface area (Å²) < 4.78 is 7.35. The molecule has 1 aliphatic rings. The number of hydrogen-bond donors (Lipinski definition) is 1. The van der Waals surface area contributed by atoms with Gasteiger partial charge in [-0.15, -0.1) is 11.3 Å². The standard InChI is InChI=1S/C16H22N2OS/c1-2-3-4-16-18-14-6-5-13(11-15(14)20-16)19-12-7-9-17-10-8-12/h5-6,11-12,17H,2-4,7-10H2,1H3. The molecule has 0 amide bonds. The highest BCUT2D eigenvalue weighted by Gasteiger charge is 2.15. The van der Waals surface area contributed by atoms with Crippen LogP contribution in [0.25, 0.3) is 10.2 Å². The number of piperidine rings is 1. The second-order valence-electron chi connectivity index (χ2n) is 5.41. The molecule has 4 heteroatoms. The zero-order valence-corrected chi connectivity index (χ0v) is 12.8. The molecule has 1 N–H and O–H groups in total. The van der Waals surface area contributed by atoms with E-state index in [-0.39, 0.29) is 0 Å². The molecule has 1 saturated heterocycles. The SMILES string of the molecule is CCCCc1nc2ccc(OC3CCNCC3)cc2s1. The Bertz CT molecular complexity index is 561. The number of nitrogens with one attached hydrogen (secondary N) is 1. The minimum Gasteiger partial charge on any atom is -0.490 e. The van der Waals surface area contributed by atoms with E-state index in [2.05, 4.69) is 30.4 Å². The minimum atomic E-state index is 0.362. The number of unbranched alkanes of at least 4 members (excludes halogenated alkanes) is 1. The van der Waals surface area contributed by atoms with E-state index in [1.54, 1.807) is 0 Å². The molecule has 3 nitrogen and oxygen atoms in total. The molecule has 1 aromatic carbocycles. The van der Waals surface area contributed by atoms with Crippen molar-refractivity contribution in [1.29, 1.82) is 0 Å². The lowest BCUT2D eigenvalue weighted by Gasteiger charge is -2.23. The van der Waals surface area contributed by atoms with Crippen molar-refractivity contribution in [2.75, 3.05) is 13.1 Å². The van der Waals surface area contributed by atoms with Crippen molar-refractivity contribution in [2.45, 2.75) is 45.1 Å². The van der Waals surface area contributed by atoms with Crippen LogP contribution < -0.4 is 10.1 Å². The Hall–Kier alpha value is -1.13. The van der Waals surface area contributed by atoms with Gasteiger partial charge in [-0.1, -0.05) is 13.3 Å². The average Bonchev–Trinajstić information content (AvgIpc) is 2.88. The van der Waals surface area contributed by atoms with Gasteiger partial charge in [-0.2, -0.15) is 0 Å². The first-order chi connectivity index (χ1) is 9.85. The molecule has 2 heterocycles. The summed E-state index contributed by atoms with van der Waals surface area (Å²) in [7, 11) is 0. The maximum atomic E-state index is 6.09. The van der Waals surface area contributed by atoms with Crippen molar-refractivity contribution in [2.24, 2.45) is 0 Å². The van der Waals surface area contributed by atoms with Gasteiger partial charge < -0.3 is 10.1 Å². The van der Waals surface area contributed by atoms with E-state index in [9.17, 15) is 0 Å². The van der Waals surface area contributed by atoms with Crippen LogP contribution in [0.5, 0.6) is 5.75 Å². The van der Waals surface area contributed by atoms with Gasteiger partial charge in [0.1, 0.15) is 11.9 Å². The molecule has 3 rings (SSSR count). The maximum absolute atomic E-state index is 6.09. The monoisotopic (exact) mass is 290 g/mol. The third kappa shape index (κ3) is 3.30. The molecule has 1 aromatic heterocycles. The highest BCUT2D eigenvalue weighted by Crippen LogP contribution is 2.28. The molecule has 0 unspecified atom stereocenters. The molecular weight excluding hydrogens is 268 g/mol. The van der Waals surface area contributed by atoms with Crippen LogP contribution >= 0.6 is 11.3 Å². The number of benzene rings is 1. The molecule has 2 aromatic rings. The highest BCUT2D eigenvalue weighted by atomic mass is 32.1. The average molecular weight is 290 g/mol. The summed E-state index contributed by atoms with van der Waals surface area (Å²) in [5.74, 6) is 0.995. The van der Waals surface area contributed by atoms with E-state index in [0.717, 1.165) is 43.6 Å². The summed E-state index contributed by atoms with van der Waals surface area (Å²) in [6, 6.07) is 6.32. The predicted octanol–water partition coefficient (Wildman–Crippen LogP) is 3.77. The van der Waals surface area contributed by atoms with Gasteiger partial charge in [-0.25, -0.2) is 4.98 Å². The van der Waals surface area contributed by atoms with Gasteiger partial charge in [0.05, 0.1) is 15.2 Å². The van der Waals surface area contributed by atoms with Crippen molar-refractivity contribution in [1.82, 2.24) is 10.3 Å². The summed E-state index contributed by atoms with van der Waals surface area (Å²) in [5, 5.41) is 4.62. The van der Waals surface area contributed by atoms with Crippen molar-refractivity contribution in [3.8, 4) is 5.75 Å². The molecule has 0 radical (unpaired) electrons. The topological polar surface area (TPSA) is 34.1 Å². The van der Waals surface area contributed by atoms with Crippen molar-refractivity contribution < 1.29 is 4.74 Å².